The third kappa shape index (κ3) is 2.61. The van der Waals surface area contributed by atoms with Crippen LogP contribution in [-0.4, -0.2) is 4.98 Å². The van der Waals surface area contributed by atoms with Gasteiger partial charge in [-0.15, -0.1) is 0 Å². The number of hydrogen-bond acceptors (Lipinski definition) is 1. The molecule has 0 unspecified atom stereocenters. The molecule has 1 nitrogen and oxygen atoms in total. The van der Waals surface area contributed by atoms with Gasteiger partial charge in [-0.3, -0.25) is 4.98 Å². The molecule has 0 aliphatic heterocycles. The Hall–Kier alpha value is -2.93. The Labute approximate surface area is 155 Å². The van der Waals surface area contributed by atoms with Gasteiger partial charge in [-0.05, 0) is 83.5 Å². The molecule has 0 fully saturated rings. The summed E-state index contributed by atoms with van der Waals surface area (Å²) in [5.74, 6) is 0. The summed E-state index contributed by atoms with van der Waals surface area (Å²) in [5.41, 5.74) is 10.3. The Morgan fingerprint density at radius 3 is 2.12 bits per heavy atom. The van der Waals surface area contributed by atoms with Gasteiger partial charge in [0.15, 0.2) is 0 Å². The maximum atomic E-state index is 4.39. The molecule has 0 bridgehead atoms. The van der Waals surface area contributed by atoms with Crippen LogP contribution in [0.15, 0.2) is 67.0 Å². The van der Waals surface area contributed by atoms with E-state index in [0.717, 1.165) is 0 Å². The molecule has 0 saturated heterocycles. The average Bonchev–Trinajstić information content (AvgIpc) is 2.63. The smallest absolute Gasteiger partial charge is 0.0349 e. The van der Waals surface area contributed by atoms with Crippen LogP contribution in [0.5, 0.6) is 0 Å². The maximum Gasteiger partial charge on any atom is 0.0349 e. The van der Waals surface area contributed by atoms with Crippen molar-refractivity contribution in [3.8, 4) is 22.3 Å². The minimum atomic E-state index is 1.22. The van der Waals surface area contributed by atoms with Gasteiger partial charge in [0, 0.05) is 18.0 Å². The number of rotatable bonds is 2. The predicted molar refractivity (Wildman–Crippen MR) is 112 cm³/mol. The van der Waals surface area contributed by atoms with Crippen LogP contribution in [0.25, 0.3) is 33.0 Å². The van der Waals surface area contributed by atoms with E-state index in [0.29, 0.717) is 0 Å². The van der Waals surface area contributed by atoms with E-state index >= 15 is 0 Å². The summed E-state index contributed by atoms with van der Waals surface area (Å²) in [7, 11) is 0. The summed E-state index contributed by atoms with van der Waals surface area (Å²) < 4.78 is 0. The van der Waals surface area contributed by atoms with Gasteiger partial charge >= 0.3 is 0 Å². The highest BCUT2D eigenvalue weighted by atomic mass is 14.6. The lowest BCUT2D eigenvalue weighted by Crippen LogP contribution is -1.95. The van der Waals surface area contributed by atoms with Gasteiger partial charge in [0.05, 0.1) is 0 Å². The molecular formula is C25H23N. The third-order valence-corrected chi connectivity index (χ3v) is 5.31. The number of fused-ring (bicyclic) bond motifs is 1. The van der Waals surface area contributed by atoms with Crippen LogP contribution >= 0.6 is 0 Å². The average molecular weight is 337 g/mol. The van der Waals surface area contributed by atoms with Crippen LogP contribution in [-0.2, 0) is 0 Å². The van der Waals surface area contributed by atoms with Gasteiger partial charge in [-0.1, -0.05) is 48.5 Å². The van der Waals surface area contributed by atoms with E-state index in [2.05, 4.69) is 87.3 Å². The first-order valence-electron chi connectivity index (χ1n) is 9.08. The van der Waals surface area contributed by atoms with Crippen molar-refractivity contribution in [1.82, 2.24) is 4.98 Å². The largest absolute Gasteiger partial charge is 0.264 e. The van der Waals surface area contributed by atoms with Gasteiger partial charge in [0.25, 0.3) is 0 Å². The van der Waals surface area contributed by atoms with Crippen molar-refractivity contribution < 1.29 is 0 Å². The van der Waals surface area contributed by atoms with Gasteiger partial charge in [-0.2, -0.15) is 0 Å². The summed E-state index contributed by atoms with van der Waals surface area (Å²) in [5, 5.41) is 2.64. The number of aromatic nitrogens is 1. The normalized spacial score (nSPS) is 11.1. The number of benzene rings is 3. The molecule has 0 aliphatic rings. The second kappa shape index (κ2) is 6.42. The standard InChI is InChI=1S/C25H23N/c1-16-8-5-6-10-20(16)22-14-19(4)25(23-15-26-13-12-17(23)2)21-11-7-9-18(3)24(21)22/h5-15H,1-4H3. The van der Waals surface area contributed by atoms with Crippen LogP contribution in [0.2, 0.25) is 0 Å². The first-order valence-corrected chi connectivity index (χ1v) is 9.08. The molecule has 0 saturated carbocycles. The van der Waals surface area contributed by atoms with E-state index in [9.17, 15) is 0 Å². The molecule has 0 radical (unpaired) electrons. The summed E-state index contributed by atoms with van der Waals surface area (Å²) >= 11 is 0. The molecule has 0 spiro atoms. The molecule has 0 atom stereocenters. The van der Waals surface area contributed by atoms with Crippen LogP contribution < -0.4 is 0 Å². The first kappa shape index (κ1) is 16.5. The highest BCUT2D eigenvalue weighted by molar-refractivity contribution is 6.08. The molecule has 4 rings (SSSR count). The number of hydrogen-bond donors (Lipinski definition) is 0. The molecule has 0 aliphatic carbocycles. The topological polar surface area (TPSA) is 12.9 Å². The minimum Gasteiger partial charge on any atom is -0.264 e. The quantitative estimate of drug-likeness (QED) is 0.392. The highest BCUT2D eigenvalue weighted by Crippen LogP contribution is 2.41. The van der Waals surface area contributed by atoms with Crippen molar-refractivity contribution in [2.45, 2.75) is 27.7 Å². The zero-order chi connectivity index (χ0) is 18.3. The van der Waals surface area contributed by atoms with E-state index in [-0.39, 0.29) is 0 Å². The molecule has 26 heavy (non-hydrogen) atoms. The van der Waals surface area contributed by atoms with Gasteiger partial charge in [-0.25, -0.2) is 0 Å². The summed E-state index contributed by atoms with van der Waals surface area (Å²) in [6.07, 6.45) is 3.86. The number of aryl methyl sites for hydroxylation is 4. The lowest BCUT2D eigenvalue weighted by atomic mass is 9.85. The van der Waals surface area contributed by atoms with E-state index in [1.807, 2.05) is 12.4 Å². The first-order chi connectivity index (χ1) is 12.6. The third-order valence-electron chi connectivity index (χ3n) is 5.31. The Balaban J connectivity index is 2.15. The second-order valence-corrected chi connectivity index (χ2v) is 7.12. The molecule has 1 heteroatoms. The highest BCUT2D eigenvalue weighted by Gasteiger charge is 2.16. The van der Waals surface area contributed by atoms with Crippen molar-refractivity contribution in [2.75, 3.05) is 0 Å². The van der Waals surface area contributed by atoms with E-state index in [1.165, 1.54) is 55.3 Å². The summed E-state index contributed by atoms with van der Waals surface area (Å²) in [4.78, 5) is 4.39. The van der Waals surface area contributed by atoms with Crippen molar-refractivity contribution in [1.29, 1.82) is 0 Å². The fourth-order valence-corrected chi connectivity index (χ4v) is 3.98. The Morgan fingerprint density at radius 1 is 0.615 bits per heavy atom. The number of pyridine rings is 1. The lowest BCUT2D eigenvalue weighted by Gasteiger charge is -2.19. The van der Waals surface area contributed by atoms with E-state index in [4.69, 9.17) is 0 Å². The van der Waals surface area contributed by atoms with Crippen molar-refractivity contribution in [3.63, 3.8) is 0 Å². The molecule has 1 heterocycles. The minimum absolute atomic E-state index is 1.22. The van der Waals surface area contributed by atoms with E-state index < -0.39 is 0 Å². The van der Waals surface area contributed by atoms with Crippen LogP contribution in [0.1, 0.15) is 22.3 Å². The van der Waals surface area contributed by atoms with Crippen molar-refractivity contribution >= 4 is 10.8 Å². The second-order valence-electron chi connectivity index (χ2n) is 7.12. The fourth-order valence-electron chi connectivity index (χ4n) is 3.98. The molecule has 3 aromatic carbocycles. The summed E-state index contributed by atoms with van der Waals surface area (Å²) in [6.45, 7) is 8.77. The molecule has 1 aromatic heterocycles. The predicted octanol–water partition coefficient (Wildman–Crippen LogP) is 6.80. The summed E-state index contributed by atoms with van der Waals surface area (Å²) in [6, 6.07) is 19.7. The maximum absolute atomic E-state index is 4.39. The van der Waals surface area contributed by atoms with Crippen LogP contribution in [0.3, 0.4) is 0 Å². The van der Waals surface area contributed by atoms with Crippen LogP contribution in [0, 0.1) is 27.7 Å². The van der Waals surface area contributed by atoms with E-state index in [1.54, 1.807) is 0 Å². The van der Waals surface area contributed by atoms with Gasteiger partial charge in [0.2, 0.25) is 0 Å². The number of nitrogens with zero attached hydrogens (tertiary/aromatic N) is 1. The lowest BCUT2D eigenvalue weighted by molar-refractivity contribution is 1.28. The van der Waals surface area contributed by atoms with Gasteiger partial charge < -0.3 is 0 Å². The Kier molecular flexibility index (Phi) is 4.08. The fraction of sp³-hybridized carbons (Fsp3) is 0.160. The molecule has 128 valence electrons. The Morgan fingerprint density at radius 2 is 1.35 bits per heavy atom. The zero-order valence-corrected chi connectivity index (χ0v) is 15.8. The van der Waals surface area contributed by atoms with Crippen LogP contribution in [0.4, 0.5) is 0 Å². The van der Waals surface area contributed by atoms with Crippen molar-refractivity contribution in [3.05, 3.63) is 89.2 Å². The molecule has 4 aromatic rings. The molecule has 0 N–H and O–H groups in total. The zero-order valence-electron chi connectivity index (χ0n) is 15.8. The monoisotopic (exact) mass is 337 g/mol. The van der Waals surface area contributed by atoms with Crippen molar-refractivity contribution in [2.24, 2.45) is 0 Å². The Bertz CT molecular complexity index is 1120. The van der Waals surface area contributed by atoms with Gasteiger partial charge in [0.1, 0.15) is 0 Å². The molecule has 0 amide bonds. The SMILES string of the molecule is Cc1ccncc1-c1c(C)cc(-c2ccccc2C)c2c(C)cccc12. The molecular weight excluding hydrogens is 314 g/mol.